The van der Waals surface area contributed by atoms with Crippen LogP contribution in [0.3, 0.4) is 0 Å². The average molecular weight is 573 g/mol. The summed E-state index contributed by atoms with van der Waals surface area (Å²) >= 11 is 1.95. The van der Waals surface area contributed by atoms with Gasteiger partial charge in [0.15, 0.2) is 5.96 Å². The molecule has 6 nitrogen and oxygen atoms in total. The largest absolute Gasteiger partial charge is 0.493 e. The molecule has 1 amide bonds. The second-order valence-corrected chi connectivity index (χ2v) is 9.91. The molecule has 1 saturated heterocycles. The highest BCUT2D eigenvalue weighted by Crippen LogP contribution is 2.27. The van der Waals surface area contributed by atoms with Crippen LogP contribution in [0.5, 0.6) is 5.75 Å². The van der Waals surface area contributed by atoms with E-state index in [1.54, 1.807) is 0 Å². The molecule has 1 saturated carbocycles. The third kappa shape index (κ3) is 6.92. The van der Waals surface area contributed by atoms with Gasteiger partial charge in [0, 0.05) is 56.1 Å². The fourth-order valence-corrected chi connectivity index (χ4v) is 5.64. The molecule has 0 unspecified atom stereocenters. The Morgan fingerprint density at radius 1 is 1.22 bits per heavy atom. The van der Waals surface area contributed by atoms with Gasteiger partial charge in [0.25, 0.3) is 0 Å². The number of amides is 1. The Kier molecular flexibility index (Phi) is 10.3. The fourth-order valence-electron chi connectivity index (χ4n) is 4.73. The van der Waals surface area contributed by atoms with Crippen molar-refractivity contribution in [3.63, 3.8) is 0 Å². The summed E-state index contributed by atoms with van der Waals surface area (Å²) < 4.78 is 5.60. The lowest BCUT2D eigenvalue weighted by atomic mass is 9.85. The van der Waals surface area contributed by atoms with Gasteiger partial charge in [0.1, 0.15) is 5.75 Å². The number of rotatable bonds is 6. The van der Waals surface area contributed by atoms with Crippen molar-refractivity contribution in [2.24, 2.45) is 10.9 Å². The first-order valence-electron chi connectivity index (χ1n) is 11.9. The normalized spacial score (nSPS) is 23.0. The average Bonchev–Trinajstić information content (AvgIpc) is 3.28. The predicted molar refractivity (Wildman–Crippen MR) is 144 cm³/mol. The van der Waals surface area contributed by atoms with Crippen molar-refractivity contribution in [1.29, 1.82) is 0 Å². The molecule has 0 aromatic heterocycles. The number of hydrogen-bond donors (Lipinski definition) is 2. The molecule has 8 heteroatoms. The highest BCUT2D eigenvalue weighted by molar-refractivity contribution is 14.0. The SMILES string of the molecule is CCNC(=NCCc1ccc2c(c1)CCO2)NC1CCC(C(=O)N2CCSCC2)CC1.I. The third-order valence-corrected chi connectivity index (χ3v) is 7.45. The summed E-state index contributed by atoms with van der Waals surface area (Å²) in [5.41, 5.74) is 2.64. The molecule has 3 aliphatic rings. The molecule has 2 heterocycles. The van der Waals surface area contributed by atoms with Gasteiger partial charge in [-0.25, -0.2) is 0 Å². The zero-order valence-corrected chi connectivity index (χ0v) is 22.3. The van der Waals surface area contributed by atoms with E-state index in [0.29, 0.717) is 11.9 Å². The molecule has 1 aromatic carbocycles. The van der Waals surface area contributed by atoms with Gasteiger partial charge in [0.05, 0.1) is 6.61 Å². The van der Waals surface area contributed by atoms with E-state index in [4.69, 9.17) is 9.73 Å². The van der Waals surface area contributed by atoms with Gasteiger partial charge in [0.2, 0.25) is 5.91 Å². The molecule has 0 radical (unpaired) electrons. The van der Waals surface area contributed by atoms with Crippen molar-refractivity contribution in [3.05, 3.63) is 29.3 Å². The van der Waals surface area contributed by atoms with E-state index in [2.05, 4.69) is 40.7 Å². The van der Waals surface area contributed by atoms with E-state index < -0.39 is 0 Å². The molecule has 2 fully saturated rings. The molecule has 1 aromatic rings. The Labute approximate surface area is 213 Å². The first-order valence-corrected chi connectivity index (χ1v) is 13.0. The Morgan fingerprint density at radius 2 is 2.00 bits per heavy atom. The zero-order valence-electron chi connectivity index (χ0n) is 19.1. The predicted octanol–water partition coefficient (Wildman–Crippen LogP) is 3.47. The van der Waals surface area contributed by atoms with Crippen LogP contribution >= 0.6 is 35.7 Å². The van der Waals surface area contributed by atoms with Crippen molar-refractivity contribution in [1.82, 2.24) is 15.5 Å². The number of fused-ring (bicyclic) bond motifs is 1. The Hall–Kier alpha value is -1.16. The Balaban J connectivity index is 0.00000289. The van der Waals surface area contributed by atoms with Crippen molar-refractivity contribution >= 4 is 47.6 Å². The number of hydrogen-bond acceptors (Lipinski definition) is 4. The van der Waals surface area contributed by atoms with Crippen LogP contribution < -0.4 is 15.4 Å². The summed E-state index contributed by atoms with van der Waals surface area (Å²) in [6.07, 6.45) is 5.98. The maximum Gasteiger partial charge on any atom is 0.225 e. The fraction of sp³-hybridized carbons (Fsp3) is 0.667. The molecule has 178 valence electrons. The van der Waals surface area contributed by atoms with Gasteiger partial charge in [-0.05, 0) is 56.2 Å². The van der Waals surface area contributed by atoms with Crippen LogP contribution in [0, 0.1) is 5.92 Å². The van der Waals surface area contributed by atoms with Gasteiger partial charge in [-0.1, -0.05) is 12.1 Å². The highest BCUT2D eigenvalue weighted by Gasteiger charge is 2.30. The summed E-state index contributed by atoms with van der Waals surface area (Å²) in [4.78, 5) is 19.7. The monoisotopic (exact) mass is 572 g/mol. The van der Waals surface area contributed by atoms with Crippen LogP contribution in [0.15, 0.2) is 23.2 Å². The molecule has 2 aliphatic heterocycles. The minimum Gasteiger partial charge on any atom is -0.493 e. The molecule has 2 N–H and O–H groups in total. The van der Waals surface area contributed by atoms with E-state index in [-0.39, 0.29) is 29.9 Å². The summed E-state index contributed by atoms with van der Waals surface area (Å²) in [7, 11) is 0. The molecular formula is C24H37IN4O2S. The first-order chi connectivity index (χ1) is 15.2. The van der Waals surface area contributed by atoms with Gasteiger partial charge in [-0.15, -0.1) is 24.0 Å². The van der Waals surface area contributed by atoms with Crippen LogP contribution in [0.25, 0.3) is 0 Å². The molecule has 0 atom stereocenters. The molecular weight excluding hydrogens is 535 g/mol. The number of aliphatic imine (C=N–C) groups is 1. The van der Waals surface area contributed by atoms with E-state index >= 15 is 0 Å². The summed E-state index contributed by atoms with van der Waals surface area (Å²) in [5.74, 6) is 4.71. The van der Waals surface area contributed by atoms with E-state index in [1.165, 1.54) is 11.1 Å². The number of halogens is 1. The van der Waals surface area contributed by atoms with Gasteiger partial charge in [-0.3, -0.25) is 9.79 Å². The van der Waals surface area contributed by atoms with Crippen LogP contribution in [0.1, 0.15) is 43.7 Å². The summed E-state index contributed by atoms with van der Waals surface area (Å²) in [5, 5.41) is 7.00. The van der Waals surface area contributed by atoms with Crippen LogP contribution in [0.4, 0.5) is 0 Å². The number of carbonyl (C=O) groups excluding carboxylic acids is 1. The Morgan fingerprint density at radius 3 is 2.75 bits per heavy atom. The van der Waals surface area contributed by atoms with E-state index in [9.17, 15) is 4.79 Å². The van der Waals surface area contributed by atoms with Crippen LogP contribution in [-0.2, 0) is 17.6 Å². The molecule has 4 rings (SSSR count). The molecule has 0 spiro atoms. The van der Waals surface area contributed by atoms with Gasteiger partial charge < -0.3 is 20.3 Å². The maximum absolute atomic E-state index is 12.8. The number of carbonyl (C=O) groups is 1. The number of benzene rings is 1. The molecule has 0 bridgehead atoms. The lowest BCUT2D eigenvalue weighted by Crippen LogP contribution is -2.47. The second-order valence-electron chi connectivity index (χ2n) is 8.68. The molecule has 32 heavy (non-hydrogen) atoms. The Bertz CT molecular complexity index is 777. The van der Waals surface area contributed by atoms with E-state index in [0.717, 1.165) is 94.5 Å². The van der Waals surface area contributed by atoms with Gasteiger partial charge >= 0.3 is 0 Å². The highest BCUT2D eigenvalue weighted by atomic mass is 127. The maximum atomic E-state index is 12.8. The number of nitrogens with zero attached hydrogens (tertiary/aromatic N) is 2. The number of ether oxygens (including phenoxy) is 1. The lowest BCUT2D eigenvalue weighted by molar-refractivity contribution is -0.136. The zero-order chi connectivity index (χ0) is 21.5. The number of thioether (sulfide) groups is 1. The third-order valence-electron chi connectivity index (χ3n) is 6.51. The standard InChI is InChI=1S/C24H36N4O2S.HI/c1-2-25-24(26-11-9-18-3-8-22-20(17-18)10-14-30-22)27-21-6-4-19(5-7-21)23(29)28-12-15-31-16-13-28;/h3,8,17,19,21H,2,4-7,9-16H2,1H3,(H2,25,26,27);1H. The number of guanidine groups is 1. The lowest BCUT2D eigenvalue weighted by Gasteiger charge is -2.34. The first kappa shape index (κ1) is 25.5. The second kappa shape index (κ2) is 12.9. The minimum atomic E-state index is 0. The van der Waals surface area contributed by atoms with Crippen molar-refractivity contribution in [2.45, 2.75) is 51.5 Å². The van der Waals surface area contributed by atoms with Gasteiger partial charge in [-0.2, -0.15) is 11.8 Å². The summed E-state index contributed by atoms with van der Waals surface area (Å²) in [6.45, 7) is 6.37. The quantitative estimate of drug-likeness (QED) is 0.311. The minimum absolute atomic E-state index is 0. The van der Waals surface area contributed by atoms with E-state index in [1.807, 2.05) is 11.8 Å². The molecule has 1 aliphatic carbocycles. The van der Waals surface area contributed by atoms with Crippen molar-refractivity contribution < 1.29 is 9.53 Å². The van der Waals surface area contributed by atoms with Crippen LogP contribution in [-0.4, -0.2) is 67.1 Å². The smallest absolute Gasteiger partial charge is 0.225 e. The topological polar surface area (TPSA) is 66.0 Å². The van der Waals surface area contributed by atoms with Crippen molar-refractivity contribution in [2.75, 3.05) is 44.3 Å². The van der Waals surface area contributed by atoms with Crippen LogP contribution in [0.2, 0.25) is 0 Å². The summed E-state index contributed by atoms with van der Waals surface area (Å²) in [6, 6.07) is 6.90. The number of nitrogens with one attached hydrogen (secondary N) is 2. The van der Waals surface area contributed by atoms with Crippen molar-refractivity contribution in [3.8, 4) is 5.75 Å².